The Morgan fingerprint density at radius 2 is 1.68 bits per heavy atom. The van der Waals surface area contributed by atoms with E-state index < -0.39 is 0 Å². The van der Waals surface area contributed by atoms with Crippen molar-refractivity contribution in [3.63, 3.8) is 0 Å². The number of benzene rings is 2. The zero-order valence-electron chi connectivity index (χ0n) is 20.2. The Bertz CT molecular complexity index is 1140. The molecule has 1 amide bonds. The van der Waals surface area contributed by atoms with Crippen molar-refractivity contribution in [2.24, 2.45) is 5.92 Å². The zero-order chi connectivity index (χ0) is 23.1. The molecule has 2 aromatic carbocycles. The maximum Gasteiger partial charge on any atom is 0.223 e. The van der Waals surface area contributed by atoms with Crippen LogP contribution in [0.5, 0.6) is 0 Å². The van der Waals surface area contributed by atoms with Crippen molar-refractivity contribution in [1.82, 2.24) is 19.8 Å². The van der Waals surface area contributed by atoms with E-state index in [2.05, 4.69) is 76.3 Å². The third kappa shape index (κ3) is 4.04. The minimum atomic E-state index is 0.103. The molecule has 2 unspecified atom stereocenters. The molecular weight excluding hydrogens is 420 g/mol. The van der Waals surface area contributed by atoms with Crippen LogP contribution in [0.2, 0.25) is 0 Å². The van der Waals surface area contributed by atoms with Crippen molar-refractivity contribution in [3.05, 3.63) is 66.0 Å². The van der Waals surface area contributed by atoms with Gasteiger partial charge in [-0.2, -0.15) is 0 Å². The summed E-state index contributed by atoms with van der Waals surface area (Å²) in [5, 5.41) is 3.41. The minimum absolute atomic E-state index is 0.103. The van der Waals surface area contributed by atoms with Crippen LogP contribution in [0.25, 0.3) is 11.0 Å². The summed E-state index contributed by atoms with van der Waals surface area (Å²) in [5.74, 6) is 1.62. The largest absolute Gasteiger partial charge is 0.349 e. The molecule has 1 saturated carbocycles. The average molecular weight is 457 g/mol. The van der Waals surface area contributed by atoms with Gasteiger partial charge in [0.15, 0.2) is 0 Å². The summed E-state index contributed by atoms with van der Waals surface area (Å²) in [7, 11) is 0. The number of hydrogen-bond acceptors (Lipinski definition) is 3. The van der Waals surface area contributed by atoms with Crippen molar-refractivity contribution >= 4 is 16.9 Å². The van der Waals surface area contributed by atoms with Gasteiger partial charge in [0.25, 0.3) is 0 Å². The molecule has 3 heterocycles. The molecule has 0 spiro atoms. The number of nitrogens with one attached hydrogen (secondary N) is 1. The molecule has 1 N–H and O–H groups in total. The highest BCUT2D eigenvalue weighted by Gasteiger charge is 2.42. The number of imidazole rings is 1. The van der Waals surface area contributed by atoms with Crippen molar-refractivity contribution < 1.29 is 4.79 Å². The van der Waals surface area contributed by atoms with Crippen LogP contribution in [0.1, 0.15) is 74.8 Å². The highest BCUT2D eigenvalue weighted by molar-refractivity contribution is 5.79. The first-order valence-electron chi connectivity index (χ1n) is 13.2. The number of carbonyl (C=O) groups is 1. The van der Waals surface area contributed by atoms with E-state index >= 15 is 0 Å². The summed E-state index contributed by atoms with van der Waals surface area (Å²) in [6, 6.07) is 21.0. The first-order valence-corrected chi connectivity index (χ1v) is 13.2. The van der Waals surface area contributed by atoms with E-state index in [1.165, 1.54) is 43.2 Å². The Morgan fingerprint density at radius 3 is 2.38 bits per heavy atom. The third-order valence-electron chi connectivity index (χ3n) is 8.67. The molecule has 0 radical (unpaired) electrons. The van der Waals surface area contributed by atoms with Gasteiger partial charge in [0.2, 0.25) is 5.91 Å². The second kappa shape index (κ2) is 9.18. The van der Waals surface area contributed by atoms with Gasteiger partial charge in [-0.1, -0.05) is 48.9 Å². The van der Waals surface area contributed by atoms with E-state index in [9.17, 15) is 4.79 Å². The number of piperidine rings is 1. The number of para-hydroxylation sites is 2. The molecule has 178 valence electrons. The van der Waals surface area contributed by atoms with Crippen LogP contribution in [0.15, 0.2) is 54.6 Å². The van der Waals surface area contributed by atoms with Gasteiger partial charge in [0, 0.05) is 30.6 Å². The normalized spacial score (nSPS) is 25.9. The van der Waals surface area contributed by atoms with Crippen molar-refractivity contribution in [2.45, 2.75) is 82.5 Å². The number of nitrogens with zero attached hydrogens (tertiary/aromatic N) is 3. The summed E-state index contributed by atoms with van der Waals surface area (Å²) in [4.78, 5) is 20.4. The molecule has 34 heavy (non-hydrogen) atoms. The maximum absolute atomic E-state index is 12.8. The van der Waals surface area contributed by atoms with Gasteiger partial charge in [-0.25, -0.2) is 4.98 Å². The maximum atomic E-state index is 12.8. The second-order valence-electron chi connectivity index (χ2n) is 10.7. The van der Waals surface area contributed by atoms with Gasteiger partial charge in [0.05, 0.1) is 17.1 Å². The molecular formula is C29H36N4O. The van der Waals surface area contributed by atoms with Crippen LogP contribution in [0, 0.1) is 12.8 Å². The summed E-state index contributed by atoms with van der Waals surface area (Å²) in [6.07, 6.45) is 9.24. The van der Waals surface area contributed by atoms with E-state index in [0.29, 0.717) is 18.1 Å². The Hall–Kier alpha value is -2.66. The molecule has 1 aliphatic carbocycles. The molecule has 3 aromatic rings. The first kappa shape index (κ1) is 21.8. The van der Waals surface area contributed by atoms with Crippen LogP contribution in [0.3, 0.4) is 0 Å². The lowest BCUT2D eigenvalue weighted by atomic mass is 9.84. The van der Waals surface area contributed by atoms with Crippen molar-refractivity contribution in [3.8, 4) is 0 Å². The minimum Gasteiger partial charge on any atom is -0.349 e. The van der Waals surface area contributed by atoms with E-state index in [1.807, 2.05) is 0 Å². The van der Waals surface area contributed by atoms with Crippen LogP contribution in [-0.4, -0.2) is 39.0 Å². The van der Waals surface area contributed by atoms with E-state index in [0.717, 1.165) is 37.1 Å². The quantitative estimate of drug-likeness (QED) is 0.506. The Morgan fingerprint density at radius 1 is 0.971 bits per heavy atom. The van der Waals surface area contributed by atoms with Crippen LogP contribution in [-0.2, 0) is 4.79 Å². The molecule has 6 rings (SSSR count). The monoisotopic (exact) mass is 456 g/mol. The number of carbonyl (C=O) groups excluding carboxylic acids is 1. The lowest BCUT2D eigenvalue weighted by Gasteiger charge is -2.40. The summed E-state index contributed by atoms with van der Waals surface area (Å²) < 4.78 is 2.50. The van der Waals surface area contributed by atoms with Gasteiger partial charge < -0.3 is 9.88 Å². The zero-order valence-corrected chi connectivity index (χ0v) is 20.2. The van der Waals surface area contributed by atoms with Crippen LogP contribution >= 0.6 is 0 Å². The molecule has 3 fully saturated rings. The molecule has 1 aromatic heterocycles. The van der Waals surface area contributed by atoms with Crippen molar-refractivity contribution in [2.75, 3.05) is 6.54 Å². The topological polar surface area (TPSA) is 50.2 Å². The first-order chi connectivity index (χ1) is 16.7. The number of aryl methyl sites for hydroxylation is 1. The number of fused-ring (bicyclic) bond motifs is 3. The molecule has 3 aliphatic rings. The van der Waals surface area contributed by atoms with Gasteiger partial charge in [-0.05, 0) is 69.6 Å². The number of rotatable bonds is 7. The molecule has 5 heteroatoms. The molecule has 5 nitrogen and oxygen atoms in total. The predicted octanol–water partition coefficient (Wildman–Crippen LogP) is 5.56. The van der Waals surface area contributed by atoms with Crippen LogP contribution in [0.4, 0.5) is 0 Å². The number of hydrogen-bond donors (Lipinski definition) is 1. The lowest BCUT2D eigenvalue weighted by molar-refractivity contribution is -0.128. The SMILES string of the molecule is Cc1nc2ccccc2n1C1CC2CCC(C1)N2CC[C@@H](NC(=O)C1CCC1)c1ccccc1. The number of aromatic nitrogens is 2. The van der Waals surface area contributed by atoms with Crippen LogP contribution < -0.4 is 5.32 Å². The van der Waals surface area contributed by atoms with Gasteiger partial charge in [-0.15, -0.1) is 0 Å². The van der Waals surface area contributed by atoms with Crippen molar-refractivity contribution in [1.29, 1.82) is 0 Å². The standard InChI is InChI=1S/C29H36N4O/c1-20-30-27-12-5-6-13-28(27)33(20)25-18-23-14-15-24(19-25)32(23)17-16-26(21-8-3-2-4-9-21)31-29(34)22-10-7-11-22/h2-6,8-9,12-13,22-26H,7,10-11,14-19H2,1H3,(H,31,34)/t23?,24?,25?,26-/m1/s1. The summed E-state index contributed by atoms with van der Waals surface area (Å²) in [6.45, 7) is 3.21. The lowest BCUT2D eigenvalue weighted by Crippen LogP contribution is -2.45. The highest BCUT2D eigenvalue weighted by atomic mass is 16.2. The molecule has 3 atom stereocenters. The second-order valence-corrected chi connectivity index (χ2v) is 10.7. The average Bonchev–Trinajstić information content (AvgIpc) is 3.26. The van der Waals surface area contributed by atoms with Gasteiger partial charge in [0.1, 0.15) is 5.82 Å². The third-order valence-corrected chi connectivity index (χ3v) is 8.67. The van der Waals surface area contributed by atoms with Gasteiger partial charge in [-0.3, -0.25) is 9.69 Å². The molecule has 2 aliphatic heterocycles. The Balaban J connectivity index is 1.15. The van der Waals surface area contributed by atoms with E-state index in [1.54, 1.807) is 0 Å². The molecule has 2 saturated heterocycles. The fourth-order valence-corrected chi connectivity index (χ4v) is 6.69. The Kier molecular flexibility index (Phi) is 5.90. The fourth-order valence-electron chi connectivity index (χ4n) is 6.69. The fraction of sp³-hybridized carbons (Fsp3) is 0.517. The summed E-state index contributed by atoms with van der Waals surface area (Å²) in [5.41, 5.74) is 3.63. The molecule has 2 bridgehead atoms. The number of amides is 1. The van der Waals surface area contributed by atoms with E-state index in [-0.39, 0.29) is 17.9 Å². The highest BCUT2D eigenvalue weighted by Crippen LogP contribution is 2.42. The predicted molar refractivity (Wildman–Crippen MR) is 136 cm³/mol. The van der Waals surface area contributed by atoms with Gasteiger partial charge >= 0.3 is 0 Å². The smallest absolute Gasteiger partial charge is 0.223 e. The summed E-state index contributed by atoms with van der Waals surface area (Å²) >= 11 is 0. The Labute approximate surface area is 202 Å². The van der Waals surface area contributed by atoms with E-state index in [4.69, 9.17) is 4.98 Å².